The van der Waals surface area contributed by atoms with E-state index < -0.39 is 35.7 Å². The second-order valence-corrected chi connectivity index (χ2v) is 4.68. The summed E-state index contributed by atoms with van der Waals surface area (Å²) in [5.74, 6) is -1.88. The number of rotatable bonds is 6. The van der Waals surface area contributed by atoms with Crippen LogP contribution in [-0.4, -0.2) is 23.0 Å². The molecule has 6 nitrogen and oxygen atoms in total. The van der Waals surface area contributed by atoms with Gasteiger partial charge in [0.15, 0.2) is 6.10 Å². The van der Waals surface area contributed by atoms with Gasteiger partial charge in [-0.2, -0.15) is 18.4 Å². The van der Waals surface area contributed by atoms with Gasteiger partial charge >= 0.3 is 6.18 Å². The summed E-state index contributed by atoms with van der Waals surface area (Å²) in [5.41, 5.74) is 4.07. The minimum Gasteiger partial charge on any atom is -0.378 e. The Balaban J connectivity index is 2.79. The third-order valence-electron chi connectivity index (χ3n) is 3.01. The van der Waals surface area contributed by atoms with Crippen molar-refractivity contribution in [2.24, 2.45) is 5.73 Å². The molecule has 1 rings (SSSR count). The maximum atomic E-state index is 12.4. The average Bonchev–Trinajstić information content (AvgIpc) is 2.49. The number of nitriles is 1. The summed E-state index contributed by atoms with van der Waals surface area (Å²) in [6, 6.07) is 4.01. The van der Waals surface area contributed by atoms with Crippen LogP contribution in [0.5, 0.6) is 0 Å². The van der Waals surface area contributed by atoms with Crippen molar-refractivity contribution in [3.63, 3.8) is 0 Å². The molecule has 9 heteroatoms. The molecule has 0 aromatic heterocycles. The summed E-state index contributed by atoms with van der Waals surface area (Å²) >= 11 is 0. The van der Waals surface area contributed by atoms with Crippen molar-refractivity contribution >= 4 is 11.8 Å². The molecule has 0 saturated carbocycles. The van der Waals surface area contributed by atoms with Crippen LogP contribution in [0.4, 0.5) is 13.2 Å². The summed E-state index contributed by atoms with van der Waals surface area (Å²) in [6.45, 7) is 0. The van der Waals surface area contributed by atoms with Gasteiger partial charge in [-0.25, -0.2) is 0 Å². The van der Waals surface area contributed by atoms with Gasteiger partial charge < -0.3 is 16.2 Å². The van der Waals surface area contributed by atoms with E-state index in [1.807, 2.05) is 0 Å². The summed E-state index contributed by atoms with van der Waals surface area (Å²) in [6.07, 6.45) is -6.36. The largest absolute Gasteiger partial charge is 0.416 e. The Kier molecular flexibility index (Phi) is 6.10. The third kappa shape index (κ3) is 5.27. The van der Waals surface area contributed by atoms with Crippen molar-refractivity contribution in [3.8, 4) is 6.07 Å². The first-order valence-corrected chi connectivity index (χ1v) is 6.48. The number of aliphatic hydroxyl groups excluding tert-OH is 1. The van der Waals surface area contributed by atoms with Crippen LogP contribution < -0.4 is 11.1 Å². The van der Waals surface area contributed by atoms with E-state index in [4.69, 9.17) is 11.0 Å². The second-order valence-electron chi connectivity index (χ2n) is 4.68. The minimum atomic E-state index is -4.53. The van der Waals surface area contributed by atoms with Gasteiger partial charge in [0.1, 0.15) is 6.04 Å². The van der Waals surface area contributed by atoms with Crippen molar-refractivity contribution in [1.29, 1.82) is 5.26 Å². The van der Waals surface area contributed by atoms with E-state index in [1.165, 1.54) is 0 Å². The highest BCUT2D eigenvalue weighted by Gasteiger charge is 2.31. The van der Waals surface area contributed by atoms with E-state index in [9.17, 15) is 27.9 Å². The molecule has 2 atom stereocenters. The van der Waals surface area contributed by atoms with Crippen LogP contribution in [0, 0.1) is 11.3 Å². The normalized spacial score (nSPS) is 13.7. The zero-order valence-corrected chi connectivity index (χ0v) is 11.8. The summed E-state index contributed by atoms with van der Waals surface area (Å²) in [4.78, 5) is 23.0. The van der Waals surface area contributed by atoms with Gasteiger partial charge in [0.2, 0.25) is 5.91 Å². The first-order valence-electron chi connectivity index (χ1n) is 6.48. The first kappa shape index (κ1) is 18.4. The number of hydrogen-bond donors (Lipinski definition) is 3. The molecule has 0 radical (unpaired) electrons. The van der Waals surface area contributed by atoms with Gasteiger partial charge in [-0.3, -0.25) is 9.59 Å². The predicted octanol–water partition coefficient (Wildman–Crippen LogP) is 1.01. The zero-order valence-electron chi connectivity index (χ0n) is 11.8. The zero-order chi connectivity index (χ0) is 17.6. The molecule has 0 aliphatic heterocycles. The first-order chi connectivity index (χ1) is 10.7. The molecule has 0 bridgehead atoms. The molecule has 1 aromatic carbocycles. The Morgan fingerprint density at radius 1 is 1.30 bits per heavy atom. The highest BCUT2D eigenvalue weighted by Crippen LogP contribution is 2.29. The number of halogens is 3. The predicted molar refractivity (Wildman–Crippen MR) is 72.4 cm³/mol. The van der Waals surface area contributed by atoms with Crippen LogP contribution >= 0.6 is 0 Å². The number of carbonyl (C=O) groups is 2. The molecule has 0 fully saturated rings. The van der Waals surface area contributed by atoms with Crippen molar-refractivity contribution < 1.29 is 27.9 Å². The topological polar surface area (TPSA) is 116 Å². The molecule has 0 saturated heterocycles. The fourth-order valence-electron chi connectivity index (χ4n) is 1.75. The number of carbonyl (C=O) groups excluding carboxylic acids is 2. The molecule has 1 aromatic rings. The summed E-state index contributed by atoms with van der Waals surface area (Å²) < 4.78 is 37.3. The smallest absolute Gasteiger partial charge is 0.378 e. The van der Waals surface area contributed by atoms with Crippen molar-refractivity contribution in [3.05, 3.63) is 35.4 Å². The SMILES string of the molecule is N#CCC[C@H](NC(=O)[C@@H](O)c1ccc(C(F)(F)F)cc1)C(N)=O. The number of nitrogens with zero attached hydrogens (tertiary/aromatic N) is 1. The number of nitrogens with one attached hydrogen (secondary N) is 1. The molecule has 124 valence electrons. The molecule has 0 heterocycles. The number of nitrogens with two attached hydrogens (primary N) is 1. The Bertz CT molecular complexity index is 608. The lowest BCUT2D eigenvalue weighted by Gasteiger charge is -2.17. The van der Waals surface area contributed by atoms with Gasteiger partial charge in [-0.05, 0) is 24.1 Å². The van der Waals surface area contributed by atoms with Crippen LogP contribution in [0.15, 0.2) is 24.3 Å². The van der Waals surface area contributed by atoms with Crippen molar-refractivity contribution in [2.45, 2.75) is 31.2 Å². The Labute approximate surface area is 129 Å². The van der Waals surface area contributed by atoms with Crippen molar-refractivity contribution in [2.75, 3.05) is 0 Å². The van der Waals surface area contributed by atoms with Crippen molar-refractivity contribution in [1.82, 2.24) is 5.32 Å². The maximum absolute atomic E-state index is 12.4. The summed E-state index contributed by atoms with van der Waals surface area (Å²) in [5, 5.41) is 20.4. The number of aliphatic hydroxyl groups is 1. The third-order valence-corrected chi connectivity index (χ3v) is 3.01. The van der Waals surface area contributed by atoms with E-state index in [0.717, 1.165) is 24.3 Å². The lowest BCUT2D eigenvalue weighted by molar-refractivity contribution is -0.137. The molecule has 4 N–H and O–H groups in total. The van der Waals surface area contributed by atoms with E-state index in [0.29, 0.717) is 0 Å². The van der Waals surface area contributed by atoms with Crippen LogP contribution in [0.1, 0.15) is 30.1 Å². The Morgan fingerprint density at radius 2 is 1.87 bits per heavy atom. The fourth-order valence-corrected chi connectivity index (χ4v) is 1.75. The Morgan fingerprint density at radius 3 is 2.30 bits per heavy atom. The van der Waals surface area contributed by atoms with Gasteiger partial charge in [0.25, 0.3) is 5.91 Å². The highest BCUT2D eigenvalue weighted by atomic mass is 19.4. The summed E-state index contributed by atoms with van der Waals surface area (Å²) in [7, 11) is 0. The average molecular weight is 329 g/mol. The molecule has 23 heavy (non-hydrogen) atoms. The second kappa shape index (κ2) is 7.60. The van der Waals surface area contributed by atoms with Crippen LogP contribution in [0.25, 0.3) is 0 Å². The van der Waals surface area contributed by atoms with Crippen LogP contribution in [0.2, 0.25) is 0 Å². The lowest BCUT2D eigenvalue weighted by atomic mass is 10.0. The van der Waals surface area contributed by atoms with Gasteiger partial charge in [0.05, 0.1) is 11.6 Å². The molecular formula is C14H14F3N3O3. The van der Waals surface area contributed by atoms with E-state index in [-0.39, 0.29) is 18.4 Å². The van der Waals surface area contributed by atoms with Crippen LogP contribution in [0.3, 0.4) is 0 Å². The lowest BCUT2D eigenvalue weighted by Crippen LogP contribution is -2.46. The molecular weight excluding hydrogens is 315 g/mol. The number of primary amides is 1. The van der Waals surface area contributed by atoms with E-state index in [2.05, 4.69) is 5.32 Å². The monoisotopic (exact) mass is 329 g/mol. The maximum Gasteiger partial charge on any atom is 0.416 e. The number of alkyl halides is 3. The van der Waals surface area contributed by atoms with Crippen LogP contribution in [-0.2, 0) is 15.8 Å². The molecule has 0 aliphatic rings. The number of hydrogen-bond acceptors (Lipinski definition) is 4. The van der Waals surface area contributed by atoms with Gasteiger partial charge in [-0.15, -0.1) is 0 Å². The fraction of sp³-hybridized carbons (Fsp3) is 0.357. The quantitative estimate of drug-likeness (QED) is 0.722. The molecule has 0 unspecified atom stereocenters. The standard InChI is InChI=1S/C14H14F3N3O3/c15-14(16,17)9-5-3-8(4-6-9)11(21)13(23)20-10(12(19)22)2-1-7-18/h3-6,10-11,21H,1-2H2,(H2,19,22)(H,20,23)/t10-,11-/m0/s1. The highest BCUT2D eigenvalue weighted by molar-refractivity contribution is 5.89. The number of amides is 2. The Hall–Kier alpha value is -2.60. The van der Waals surface area contributed by atoms with Gasteiger partial charge in [0, 0.05) is 6.42 Å². The number of benzene rings is 1. The molecule has 0 aliphatic carbocycles. The van der Waals surface area contributed by atoms with E-state index >= 15 is 0 Å². The van der Waals surface area contributed by atoms with Gasteiger partial charge in [-0.1, -0.05) is 12.1 Å². The van der Waals surface area contributed by atoms with E-state index in [1.54, 1.807) is 6.07 Å². The minimum absolute atomic E-state index is 0.0305. The molecule has 0 spiro atoms. The molecule has 2 amide bonds.